The molecular formula is C8H13NO5. The first-order valence-corrected chi connectivity index (χ1v) is 3.95. The molecule has 0 bridgehead atoms. The van der Waals surface area contributed by atoms with E-state index in [2.05, 4.69) is 14.8 Å². The molecule has 0 radical (unpaired) electrons. The van der Waals surface area contributed by atoms with Crippen LogP contribution in [0.25, 0.3) is 0 Å². The normalized spacial score (nSPS) is 11.4. The molecule has 0 saturated heterocycles. The Bertz CT molecular complexity index is 238. The minimum atomic E-state index is -0.767. The van der Waals surface area contributed by atoms with Crippen LogP contribution in [0, 0.1) is 0 Å². The molecule has 6 heteroatoms. The summed E-state index contributed by atoms with van der Waals surface area (Å²) >= 11 is 0. The maximum Gasteiger partial charge on any atom is 0.328 e. The third-order valence-electron chi connectivity index (χ3n) is 1.46. The number of hydrogen-bond donors (Lipinski definition) is 1. The minimum Gasteiger partial charge on any atom is -0.469 e. The summed E-state index contributed by atoms with van der Waals surface area (Å²) in [6.07, 6.45) is -0.405. The largest absolute Gasteiger partial charge is 0.469 e. The summed E-state index contributed by atoms with van der Waals surface area (Å²) in [5.41, 5.74) is 0. The number of carbonyl (C=O) groups is 3. The van der Waals surface area contributed by atoms with Gasteiger partial charge in [-0.2, -0.15) is 0 Å². The van der Waals surface area contributed by atoms with Crippen LogP contribution >= 0.6 is 0 Å². The number of nitrogens with one attached hydrogen (secondary N) is 1. The predicted molar refractivity (Wildman–Crippen MR) is 46.3 cm³/mol. The Kier molecular flexibility index (Phi) is 5.28. The highest BCUT2D eigenvalue weighted by molar-refractivity contribution is 5.95. The van der Waals surface area contributed by atoms with E-state index in [0.717, 1.165) is 0 Å². The fourth-order valence-corrected chi connectivity index (χ4v) is 0.731. The van der Waals surface area contributed by atoms with Gasteiger partial charge in [-0.25, -0.2) is 4.79 Å². The van der Waals surface area contributed by atoms with Crippen molar-refractivity contribution in [3.8, 4) is 0 Å². The third-order valence-corrected chi connectivity index (χ3v) is 1.46. The highest BCUT2D eigenvalue weighted by Crippen LogP contribution is 1.89. The fraction of sp³-hybridized carbons (Fsp3) is 0.625. The lowest BCUT2D eigenvalue weighted by Gasteiger charge is -2.10. The molecule has 6 nitrogen and oxygen atoms in total. The van der Waals surface area contributed by atoms with E-state index in [1.807, 2.05) is 0 Å². The molecule has 0 heterocycles. The first kappa shape index (κ1) is 12.4. The van der Waals surface area contributed by atoms with Gasteiger partial charge in [-0.15, -0.1) is 0 Å². The Balaban J connectivity index is 3.94. The van der Waals surface area contributed by atoms with Crippen molar-refractivity contribution in [2.45, 2.75) is 19.4 Å². The molecule has 0 aromatic heterocycles. The van der Waals surface area contributed by atoms with Gasteiger partial charge < -0.3 is 14.8 Å². The van der Waals surface area contributed by atoms with Crippen LogP contribution in [0.2, 0.25) is 0 Å². The molecular weight excluding hydrogens is 190 g/mol. The lowest BCUT2D eigenvalue weighted by atomic mass is 10.3. The van der Waals surface area contributed by atoms with Crippen molar-refractivity contribution in [1.82, 2.24) is 5.32 Å². The van der Waals surface area contributed by atoms with Crippen LogP contribution in [0.15, 0.2) is 0 Å². The lowest BCUT2D eigenvalue weighted by molar-refractivity contribution is -0.147. The SMILES string of the molecule is COC(=O)CC(=O)N[C@@H](C)C(=O)OC. The summed E-state index contributed by atoms with van der Waals surface area (Å²) < 4.78 is 8.65. The van der Waals surface area contributed by atoms with Gasteiger partial charge in [0.2, 0.25) is 5.91 Å². The Hall–Kier alpha value is -1.59. The minimum absolute atomic E-state index is 0.405. The molecule has 14 heavy (non-hydrogen) atoms. The van der Waals surface area contributed by atoms with E-state index in [1.165, 1.54) is 21.1 Å². The Morgan fingerprint density at radius 3 is 2.21 bits per heavy atom. The van der Waals surface area contributed by atoms with Crippen LogP contribution in [-0.2, 0) is 23.9 Å². The van der Waals surface area contributed by atoms with Gasteiger partial charge >= 0.3 is 11.9 Å². The van der Waals surface area contributed by atoms with Gasteiger partial charge in [0.05, 0.1) is 14.2 Å². The highest BCUT2D eigenvalue weighted by Gasteiger charge is 2.17. The van der Waals surface area contributed by atoms with Crippen LogP contribution in [0.3, 0.4) is 0 Å². The van der Waals surface area contributed by atoms with Crippen molar-refractivity contribution in [3.63, 3.8) is 0 Å². The van der Waals surface area contributed by atoms with E-state index in [1.54, 1.807) is 0 Å². The molecule has 0 saturated carbocycles. The zero-order valence-corrected chi connectivity index (χ0v) is 8.33. The van der Waals surface area contributed by atoms with E-state index in [-0.39, 0.29) is 0 Å². The van der Waals surface area contributed by atoms with E-state index < -0.39 is 30.3 Å². The summed E-state index contributed by atoms with van der Waals surface area (Å²) in [4.78, 5) is 32.5. The Morgan fingerprint density at radius 2 is 1.79 bits per heavy atom. The molecule has 0 spiro atoms. The number of carbonyl (C=O) groups excluding carboxylic acids is 3. The second-order valence-electron chi connectivity index (χ2n) is 2.57. The fourth-order valence-electron chi connectivity index (χ4n) is 0.731. The van der Waals surface area contributed by atoms with Crippen molar-refractivity contribution in [2.24, 2.45) is 0 Å². The van der Waals surface area contributed by atoms with Crippen LogP contribution in [0.4, 0.5) is 0 Å². The number of amides is 1. The first-order chi connectivity index (χ1) is 6.51. The zero-order valence-electron chi connectivity index (χ0n) is 8.33. The third kappa shape index (κ3) is 4.44. The van der Waals surface area contributed by atoms with E-state index in [4.69, 9.17) is 0 Å². The molecule has 0 aliphatic heterocycles. The standard InChI is InChI=1S/C8H13NO5/c1-5(8(12)14-3)9-6(10)4-7(11)13-2/h5H,4H2,1-3H3,(H,9,10)/t5-/m0/s1. The molecule has 0 fully saturated rings. The summed E-state index contributed by atoms with van der Waals surface area (Å²) in [5.74, 6) is -1.79. The van der Waals surface area contributed by atoms with Crippen molar-refractivity contribution in [3.05, 3.63) is 0 Å². The average molecular weight is 203 g/mol. The van der Waals surface area contributed by atoms with Crippen molar-refractivity contribution in [2.75, 3.05) is 14.2 Å². The first-order valence-electron chi connectivity index (χ1n) is 3.95. The summed E-state index contributed by atoms with van der Waals surface area (Å²) in [7, 11) is 2.39. The van der Waals surface area contributed by atoms with Gasteiger partial charge in [0, 0.05) is 0 Å². The summed E-state index contributed by atoms with van der Waals surface area (Å²) in [6, 6.07) is -0.767. The van der Waals surface area contributed by atoms with Crippen LogP contribution in [-0.4, -0.2) is 38.1 Å². The number of hydrogen-bond acceptors (Lipinski definition) is 5. The van der Waals surface area contributed by atoms with Gasteiger partial charge in [0.15, 0.2) is 0 Å². The Morgan fingerprint density at radius 1 is 1.21 bits per heavy atom. The van der Waals surface area contributed by atoms with Crippen molar-refractivity contribution < 1.29 is 23.9 Å². The van der Waals surface area contributed by atoms with Crippen molar-refractivity contribution in [1.29, 1.82) is 0 Å². The molecule has 0 aliphatic rings. The lowest BCUT2D eigenvalue weighted by Crippen LogP contribution is -2.40. The monoisotopic (exact) mass is 203 g/mol. The van der Waals surface area contributed by atoms with Gasteiger partial charge in [-0.3, -0.25) is 9.59 Å². The second-order valence-corrected chi connectivity index (χ2v) is 2.57. The predicted octanol–water partition coefficient (Wildman–Crippen LogP) is -0.773. The van der Waals surface area contributed by atoms with Crippen LogP contribution < -0.4 is 5.32 Å². The van der Waals surface area contributed by atoms with Gasteiger partial charge in [0.25, 0.3) is 0 Å². The molecule has 0 unspecified atom stereocenters. The molecule has 1 N–H and O–H groups in total. The number of esters is 2. The molecule has 0 rings (SSSR count). The summed E-state index contributed by atoms with van der Waals surface area (Å²) in [5, 5.41) is 2.28. The molecule has 0 aliphatic carbocycles. The van der Waals surface area contributed by atoms with Crippen LogP contribution in [0.5, 0.6) is 0 Å². The quantitative estimate of drug-likeness (QED) is 0.479. The van der Waals surface area contributed by atoms with E-state index in [0.29, 0.717) is 0 Å². The molecule has 80 valence electrons. The molecule has 1 atom stereocenters. The van der Waals surface area contributed by atoms with Crippen LogP contribution in [0.1, 0.15) is 13.3 Å². The van der Waals surface area contributed by atoms with E-state index in [9.17, 15) is 14.4 Å². The molecule has 0 aromatic rings. The number of ether oxygens (including phenoxy) is 2. The Labute approximate surface area is 81.6 Å². The summed E-state index contributed by atoms with van der Waals surface area (Å²) in [6.45, 7) is 1.46. The van der Waals surface area contributed by atoms with E-state index >= 15 is 0 Å². The molecule has 1 amide bonds. The number of rotatable bonds is 4. The topological polar surface area (TPSA) is 81.7 Å². The molecule has 0 aromatic carbocycles. The zero-order chi connectivity index (χ0) is 11.1. The average Bonchev–Trinajstić information content (AvgIpc) is 2.15. The number of methoxy groups -OCH3 is 2. The second kappa shape index (κ2) is 5.95. The van der Waals surface area contributed by atoms with Gasteiger partial charge in [-0.1, -0.05) is 0 Å². The van der Waals surface area contributed by atoms with Gasteiger partial charge in [0.1, 0.15) is 12.5 Å². The maximum atomic E-state index is 11.0. The smallest absolute Gasteiger partial charge is 0.328 e. The maximum absolute atomic E-state index is 11.0. The van der Waals surface area contributed by atoms with Crippen molar-refractivity contribution >= 4 is 17.8 Å². The highest BCUT2D eigenvalue weighted by atomic mass is 16.5. The van der Waals surface area contributed by atoms with Gasteiger partial charge in [-0.05, 0) is 6.92 Å².